The van der Waals surface area contributed by atoms with Crippen molar-refractivity contribution in [3.63, 3.8) is 0 Å². The third kappa shape index (κ3) is 4.56. The molecule has 3 aliphatic heterocycles. The Morgan fingerprint density at radius 3 is 2.68 bits per heavy atom. The highest BCUT2D eigenvalue weighted by Gasteiger charge is 2.38. The maximum absolute atomic E-state index is 13.0. The number of pyridine rings is 1. The Bertz CT molecular complexity index is 746. The van der Waals surface area contributed by atoms with Crippen molar-refractivity contribution in [3.05, 3.63) is 33.7 Å². The van der Waals surface area contributed by atoms with Gasteiger partial charge in [-0.3, -0.25) is 9.59 Å². The van der Waals surface area contributed by atoms with Crippen LogP contribution in [0.2, 0.25) is 0 Å². The Morgan fingerprint density at radius 1 is 1.21 bits per heavy atom. The predicted octanol–water partition coefficient (Wildman–Crippen LogP) is 1.70. The number of aromatic nitrogens is 1. The standard InChI is InChI=1S/C20H30N4O2.2ClH/c1-22(2)12-16-5-6-18-17-8-14(11-24(18)20(16)26)10-23(13-17)19(25)15-4-3-7-21-9-15;;/h5-6,14-15,17,21H,3-4,7-13H2,1-2H3;2*1H/t14-,15-,17+;;/m0../s1. The molecule has 28 heavy (non-hydrogen) atoms. The van der Waals surface area contributed by atoms with Crippen molar-refractivity contribution in [1.29, 1.82) is 0 Å². The normalized spacial score (nSPS) is 26.1. The first-order valence-corrected chi connectivity index (χ1v) is 9.89. The number of hydrogen-bond acceptors (Lipinski definition) is 4. The van der Waals surface area contributed by atoms with E-state index in [9.17, 15) is 9.59 Å². The molecule has 2 bridgehead atoms. The maximum atomic E-state index is 13.0. The zero-order valence-corrected chi connectivity index (χ0v) is 18.4. The molecule has 0 aliphatic carbocycles. The molecule has 2 saturated heterocycles. The number of likely N-dealkylation sites (tertiary alicyclic amines) is 1. The molecule has 1 aromatic heterocycles. The lowest BCUT2D eigenvalue weighted by Crippen LogP contribution is -2.52. The summed E-state index contributed by atoms with van der Waals surface area (Å²) in [5, 5.41) is 3.35. The molecule has 4 rings (SSSR count). The fourth-order valence-corrected chi connectivity index (χ4v) is 4.95. The molecule has 0 aromatic carbocycles. The van der Waals surface area contributed by atoms with Gasteiger partial charge < -0.3 is 19.7 Å². The average molecular weight is 431 g/mol. The van der Waals surface area contributed by atoms with Crippen LogP contribution < -0.4 is 10.9 Å². The topological polar surface area (TPSA) is 57.6 Å². The number of nitrogens with zero attached hydrogens (tertiary/aromatic N) is 3. The van der Waals surface area contributed by atoms with Crippen LogP contribution in [0.3, 0.4) is 0 Å². The second-order valence-corrected chi connectivity index (χ2v) is 8.52. The lowest BCUT2D eigenvalue weighted by Gasteiger charge is -2.44. The largest absolute Gasteiger partial charge is 0.341 e. The number of carbonyl (C=O) groups is 1. The quantitative estimate of drug-likeness (QED) is 0.792. The number of piperidine rings is 2. The molecule has 8 heteroatoms. The molecular formula is C20H32Cl2N4O2. The van der Waals surface area contributed by atoms with E-state index in [1.165, 1.54) is 0 Å². The Kier molecular flexibility index (Phi) is 7.97. The summed E-state index contributed by atoms with van der Waals surface area (Å²) >= 11 is 0. The lowest BCUT2D eigenvalue weighted by molar-refractivity contribution is -0.138. The highest BCUT2D eigenvalue weighted by atomic mass is 35.5. The number of carbonyl (C=O) groups excluding carboxylic acids is 1. The summed E-state index contributed by atoms with van der Waals surface area (Å²) in [7, 11) is 3.98. The summed E-state index contributed by atoms with van der Waals surface area (Å²) < 4.78 is 1.99. The molecule has 1 N–H and O–H groups in total. The summed E-state index contributed by atoms with van der Waals surface area (Å²) in [5.74, 6) is 1.14. The zero-order valence-electron chi connectivity index (χ0n) is 16.7. The minimum absolute atomic E-state index is 0. The van der Waals surface area contributed by atoms with E-state index in [-0.39, 0.29) is 36.3 Å². The number of fused-ring (bicyclic) bond motifs is 4. The summed E-state index contributed by atoms with van der Waals surface area (Å²) in [6, 6.07) is 4.11. The molecular weight excluding hydrogens is 399 g/mol. The Morgan fingerprint density at radius 2 is 2.00 bits per heavy atom. The molecule has 6 nitrogen and oxygen atoms in total. The number of amides is 1. The van der Waals surface area contributed by atoms with E-state index in [2.05, 4.69) is 16.3 Å². The van der Waals surface area contributed by atoms with Gasteiger partial charge in [-0.15, -0.1) is 24.8 Å². The Hall–Kier alpha value is -1.08. The number of hydrogen-bond donors (Lipinski definition) is 1. The van der Waals surface area contributed by atoms with E-state index in [1.807, 2.05) is 29.6 Å². The van der Waals surface area contributed by atoms with Crippen LogP contribution >= 0.6 is 24.8 Å². The molecule has 0 radical (unpaired) electrons. The van der Waals surface area contributed by atoms with E-state index in [0.29, 0.717) is 24.3 Å². The van der Waals surface area contributed by atoms with Gasteiger partial charge in [0.2, 0.25) is 5.91 Å². The van der Waals surface area contributed by atoms with Crippen LogP contribution in [0.15, 0.2) is 16.9 Å². The highest BCUT2D eigenvalue weighted by Crippen LogP contribution is 2.36. The van der Waals surface area contributed by atoms with Gasteiger partial charge in [0.25, 0.3) is 5.56 Å². The molecule has 4 heterocycles. The molecule has 0 saturated carbocycles. The van der Waals surface area contributed by atoms with Crippen LogP contribution in [0.25, 0.3) is 0 Å². The van der Waals surface area contributed by atoms with Gasteiger partial charge in [-0.2, -0.15) is 0 Å². The van der Waals surface area contributed by atoms with Gasteiger partial charge in [0, 0.05) is 49.9 Å². The highest BCUT2D eigenvalue weighted by molar-refractivity contribution is 5.85. The van der Waals surface area contributed by atoms with Gasteiger partial charge in [-0.25, -0.2) is 0 Å². The van der Waals surface area contributed by atoms with Crippen LogP contribution in [0.5, 0.6) is 0 Å². The fraction of sp³-hybridized carbons (Fsp3) is 0.700. The van der Waals surface area contributed by atoms with E-state index >= 15 is 0 Å². The molecule has 3 aliphatic rings. The van der Waals surface area contributed by atoms with Crippen molar-refractivity contribution in [2.24, 2.45) is 11.8 Å². The number of halogens is 2. The second-order valence-electron chi connectivity index (χ2n) is 8.52. The minimum Gasteiger partial charge on any atom is -0.341 e. The molecule has 2 fully saturated rings. The van der Waals surface area contributed by atoms with Gasteiger partial charge in [0.05, 0.1) is 5.92 Å². The first kappa shape index (κ1) is 23.2. The summed E-state index contributed by atoms with van der Waals surface area (Å²) in [6.07, 6.45) is 3.19. The molecule has 0 unspecified atom stereocenters. The SMILES string of the molecule is CN(C)Cc1ccc2n(c1=O)C[C@H]1C[C@@H]2CN(C(=O)[C@H]2CCCNC2)C1.Cl.Cl. The average Bonchev–Trinajstić information content (AvgIpc) is 2.64. The first-order chi connectivity index (χ1) is 12.5. The summed E-state index contributed by atoms with van der Waals surface area (Å²) in [5.41, 5.74) is 2.13. The van der Waals surface area contributed by atoms with Crippen molar-refractivity contribution in [1.82, 2.24) is 19.7 Å². The van der Waals surface area contributed by atoms with Crippen LogP contribution in [0.1, 0.15) is 36.4 Å². The first-order valence-electron chi connectivity index (χ1n) is 9.89. The van der Waals surface area contributed by atoms with Gasteiger partial charge in [0.1, 0.15) is 0 Å². The lowest BCUT2D eigenvalue weighted by atomic mass is 9.82. The molecule has 1 amide bonds. The smallest absolute Gasteiger partial charge is 0.255 e. The maximum Gasteiger partial charge on any atom is 0.255 e. The molecule has 158 valence electrons. The van der Waals surface area contributed by atoms with E-state index in [0.717, 1.165) is 63.2 Å². The van der Waals surface area contributed by atoms with Gasteiger partial charge in [0.15, 0.2) is 0 Å². The predicted molar refractivity (Wildman–Crippen MR) is 116 cm³/mol. The zero-order chi connectivity index (χ0) is 18.3. The van der Waals surface area contributed by atoms with E-state index in [1.54, 1.807) is 0 Å². The molecule has 1 aromatic rings. The van der Waals surface area contributed by atoms with Crippen molar-refractivity contribution in [3.8, 4) is 0 Å². The number of nitrogens with one attached hydrogen (secondary N) is 1. The van der Waals surface area contributed by atoms with Crippen molar-refractivity contribution < 1.29 is 4.79 Å². The molecule has 0 spiro atoms. The van der Waals surface area contributed by atoms with Crippen LogP contribution in [0, 0.1) is 11.8 Å². The molecule has 3 atom stereocenters. The van der Waals surface area contributed by atoms with E-state index in [4.69, 9.17) is 0 Å². The number of rotatable bonds is 3. The van der Waals surface area contributed by atoms with Crippen LogP contribution in [0.4, 0.5) is 0 Å². The van der Waals surface area contributed by atoms with Gasteiger partial charge >= 0.3 is 0 Å². The van der Waals surface area contributed by atoms with Crippen LogP contribution in [-0.4, -0.2) is 60.5 Å². The Balaban J connectivity index is 0.00000140. The third-order valence-corrected chi connectivity index (χ3v) is 6.13. The fourth-order valence-electron chi connectivity index (χ4n) is 4.95. The van der Waals surface area contributed by atoms with Gasteiger partial charge in [-0.05, 0) is 51.9 Å². The monoisotopic (exact) mass is 430 g/mol. The summed E-state index contributed by atoms with van der Waals surface area (Å²) in [6.45, 7) is 4.83. The second kappa shape index (κ2) is 9.61. The minimum atomic E-state index is 0. The van der Waals surface area contributed by atoms with Gasteiger partial charge in [-0.1, -0.05) is 6.07 Å². The van der Waals surface area contributed by atoms with Crippen molar-refractivity contribution in [2.75, 3.05) is 40.3 Å². The van der Waals surface area contributed by atoms with E-state index < -0.39 is 0 Å². The Labute approximate surface area is 179 Å². The summed E-state index contributed by atoms with van der Waals surface area (Å²) in [4.78, 5) is 30.0. The van der Waals surface area contributed by atoms with Crippen molar-refractivity contribution >= 4 is 30.7 Å². The third-order valence-electron chi connectivity index (χ3n) is 6.13. The van der Waals surface area contributed by atoms with Crippen molar-refractivity contribution in [2.45, 2.75) is 38.3 Å². The van der Waals surface area contributed by atoms with Crippen LogP contribution in [-0.2, 0) is 17.9 Å².